The van der Waals surface area contributed by atoms with E-state index in [0.29, 0.717) is 33.7 Å². The Bertz CT molecular complexity index is 1210. The second-order valence-corrected chi connectivity index (χ2v) is 8.24. The number of carbonyl (C=O) groups excluding carboxylic acids is 1. The summed E-state index contributed by atoms with van der Waals surface area (Å²) in [5, 5.41) is 1.09. The summed E-state index contributed by atoms with van der Waals surface area (Å²) < 4.78 is 17.1. The Morgan fingerprint density at radius 2 is 1.69 bits per heavy atom. The molecule has 32 heavy (non-hydrogen) atoms. The first-order valence-corrected chi connectivity index (χ1v) is 11.0. The average molecular weight is 469 g/mol. The number of fused-ring (bicyclic) bond motifs is 1. The van der Waals surface area contributed by atoms with E-state index in [1.807, 2.05) is 30.3 Å². The number of amides is 1. The number of nitrogens with zero attached hydrogens (tertiary/aromatic N) is 2. The molecule has 6 nitrogen and oxygen atoms in total. The number of rotatable bonds is 8. The lowest BCUT2D eigenvalue weighted by Gasteiger charge is -2.20. The van der Waals surface area contributed by atoms with E-state index in [9.17, 15) is 4.79 Å². The number of thiazole rings is 1. The van der Waals surface area contributed by atoms with Gasteiger partial charge in [-0.1, -0.05) is 53.3 Å². The fraction of sp³-hybridized carbons (Fsp3) is 0.167. The highest BCUT2D eigenvalue weighted by molar-refractivity contribution is 7.23. The lowest BCUT2D eigenvalue weighted by atomic mass is 10.2. The Kier molecular flexibility index (Phi) is 6.78. The van der Waals surface area contributed by atoms with Gasteiger partial charge in [-0.25, -0.2) is 4.98 Å². The summed E-state index contributed by atoms with van der Waals surface area (Å²) in [6.07, 6.45) is 0. The van der Waals surface area contributed by atoms with E-state index in [2.05, 4.69) is 4.98 Å². The molecule has 0 aliphatic heterocycles. The summed E-state index contributed by atoms with van der Waals surface area (Å²) in [7, 11) is 3.18. The first kappa shape index (κ1) is 21.9. The van der Waals surface area contributed by atoms with Gasteiger partial charge in [0.15, 0.2) is 11.7 Å². The van der Waals surface area contributed by atoms with E-state index < -0.39 is 0 Å². The fourth-order valence-corrected chi connectivity index (χ4v) is 4.42. The number of carbonyl (C=O) groups is 1. The van der Waals surface area contributed by atoms with Crippen molar-refractivity contribution in [3.63, 3.8) is 0 Å². The molecule has 0 aliphatic carbocycles. The molecule has 1 heterocycles. The normalized spacial score (nSPS) is 10.7. The molecule has 0 saturated carbocycles. The van der Waals surface area contributed by atoms with Crippen LogP contribution >= 0.6 is 22.9 Å². The molecule has 0 fully saturated rings. The lowest BCUT2D eigenvalue weighted by Crippen LogP contribution is -2.34. The lowest BCUT2D eigenvalue weighted by molar-refractivity contribution is -0.120. The van der Waals surface area contributed by atoms with Gasteiger partial charge in [0, 0.05) is 0 Å². The van der Waals surface area contributed by atoms with Crippen LogP contribution < -0.4 is 19.1 Å². The Morgan fingerprint density at radius 1 is 0.969 bits per heavy atom. The van der Waals surface area contributed by atoms with Gasteiger partial charge in [-0.3, -0.25) is 9.69 Å². The molecule has 0 unspecified atom stereocenters. The minimum atomic E-state index is -0.223. The van der Waals surface area contributed by atoms with Crippen molar-refractivity contribution in [2.75, 3.05) is 25.7 Å². The summed E-state index contributed by atoms with van der Waals surface area (Å²) in [5.74, 6) is 1.68. The highest BCUT2D eigenvalue weighted by Gasteiger charge is 2.23. The van der Waals surface area contributed by atoms with Crippen LogP contribution in [0.2, 0.25) is 5.02 Å². The zero-order valence-electron chi connectivity index (χ0n) is 17.6. The topological polar surface area (TPSA) is 60.9 Å². The van der Waals surface area contributed by atoms with Gasteiger partial charge in [0.2, 0.25) is 0 Å². The zero-order chi connectivity index (χ0) is 22.5. The minimum Gasteiger partial charge on any atom is -0.497 e. The molecule has 3 aromatic carbocycles. The number of methoxy groups -OCH3 is 2. The summed E-state index contributed by atoms with van der Waals surface area (Å²) in [6.45, 7) is 0.214. The summed E-state index contributed by atoms with van der Waals surface area (Å²) in [4.78, 5) is 19.5. The van der Waals surface area contributed by atoms with Crippen molar-refractivity contribution in [3.8, 4) is 17.2 Å². The molecular formula is C24H21ClN2O4S. The van der Waals surface area contributed by atoms with E-state index in [4.69, 9.17) is 25.8 Å². The predicted molar refractivity (Wildman–Crippen MR) is 127 cm³/mol. The van der Waals surface area contributed by atoms with Crippen molar-refractivity contribution >= 4 is 44.2 Å². The second-order valence-electron chi connectivity index (χ2n) is 6.85. The highest BCUT2D eigenvalue weighted by atomic mass is 35.5. The Labute approximate surface area is 194 Å². The number of ether oxygens (including phenoxy) is 3. The monoisotopic (exact) mass is 468 g/mol. The van der Waals surface area contributed by atoms with Crippen molar-refractivity contribution in [1.29, 1.82) is 0 Å². The van der Waals surface area contributed by atoms with Crippen molar-refractivity contribution in [3.05, 3.63) is 77.3 Å². The van der Waals surface area contributed by atoms with Crippen LogP contribution in [0, 0.1) is 0 Å². The van der Waals surface area contributed by atoms with Gasteiger partial charge >= 0.3 is 0 Å². The maximum absolute atomic E-state index is 13.2. The number of anilines is 1. The molecule has 0 aliphatic rings. The molecule has 0 spiro atoms. The second kappa shape index (κ2) is 9.89. The summed E-state index contributed by atoms with van der Waals surface area (Å²) >= 11 is 7.73. The third-order valence-corrected chi connectivity index (χ3v) is 6.34. The highest BCUT2D eigenvalue weighted by Crippen LogP contribution is 2.39. The van der Waals surface area contributed by atoms with E-state index >= 15 is 0 Å². The van der Waals surface area contributed by atoms with E-state index in [-0.39, 0.29) is 12.5 Å². The SMILES string of the molecule is COc1ccc(OCC(=O)N(Cc2ccccc2)c2nc3c(OC)ccc(Cl)c3s2)cc1. The number of hydrogen-bond acceptors (Lipinski definition) is 6. The van der Waals surface area contributed by atoms with Crippen LogP contribution in [-0.4, -0.2) is 31.7 Å². The molecular weight excluding hydrogens is 448 g/mol. The summed E-state index contributed by atoms with van der Waals surface area (Å²) in [6, 6.07) is 20.3. The Hall–Kier alpha value is -3.29. The molecule has 0 saturated heterocycles. The van der Waals surface area contributed by atoms with E-state index in [1.165, 1.54) is 11.3 Å². The molecule has 0 bridgehead atoms. The molecule has 4 rings (SSSR count). The largest absolute Gasteiger partial charge is 0.497 e. The smallest absolute Gasteiger partial charge is 0.267 e. The van der Waals surface area contributed by atoms with Gasteiger partial charge in [-0.2, -0.15) is 0 Å². The third kappa shape index (κ3) is 4.79. The number of benzene rings is 3. The first-order chi connectivity index (χ1) is 15.6. The Balaban J connectivity index is 1.63. The van der Waals surface area contributed by atoms with Crippen molar-refractivity contribution in [1.82, 2.24) is 4.98 Å². The van der Waals surface area contributed by atoms with Gasteiger partial charge in [-0.15, -0.1) is 0 Å². The predicted octanol–water partition coefficient (Wildman–Crippen LogP) is 5.58. The quantitative estimate of drug-likeness (QED) is 0.338. The van der Waals surface area contributed by atoms with Crippen molar-refractivity contribution in [2.24, 2.45) is 0 Å². The van der Waals surface area contributed by atoms with Crippen LogP contribution in [0.4, 0.5) is 5.13 Å². The van der Waals surface area contributed by atoms with Gasteiger partial charge in [0.1, 0.15) is 22.8 Å². The van der Waals surface area contributed by atoms with Gasteiger partial charge < -0.3 is 14.2 Å². The maximum Gasteiger partial charge on any atom is 0.267 e. The standard InChI is InChI=1S/C24H21ClN2O4S/c1-29-17-8-10-18(11-9-17)31-15-21(28)27(14-16-6-4-3-5-7-16)24-26-22-20(30-2)13-12-19(25)23(22)32-24/h3-13H,14-15H2,1-2H3. The Morgan fingerprint density at radius 3 is 2.38 bits per heavy atom. The number of halogens is 1. The molecule has 164 valence electrons. The molecule has 8 heteroatoms. The van der Waals surface area contributed by atoms with Crippen LogP contribution in [-0.2, 0) is 11.3 Å². The average Bonchev–Trinajstić information content (AvgIpc) is 3.28. The van der Waals surface area contributed by atoms with Gasteiger partial charge in [-0.05, 0) is 42.0 Å². The maximum atomic E-state index is 13.2. The van der Waals surface area contributed by atoms with E-state index in [1.54, 1.807) is 55.5 Å². The minimum absolute atomic E-state index is 0.139. The van der Waals surface area contributed by atoms with Crippen LogP contribution in [0.15, 0.2) is 66.7 Å². The van der Waals surface area contributed by atoms with Crippen LogP contribution in [0.25, 0.3) is 10.2 Å². The van der Waals surface area contributed by atoms with E-state index in [0.717, 1.165) is 16.0 Å². The molecule has 1 amide bonds. The molecule has 0 atom stereocenters. The molecule has 0 radical (unpaired) electrons. The van der Waals surface area contributed by atoms with Crippen LogP contribution in [0.3, 0.4) is 0 Å². The van der Waals surface area contributed by atoms with Gasteiger partial charge in [0.05, 0.1) is 30.5 Å². The fourth-order valence-electron chi connectivity index (χ4n) is 3.14. The van der Waals surface area contributed by atoms with Crippen LogP contribution in [0.5, 0.6) is 17.2 Å². The molecule has 1 aromatic heterocycles. The van der Waals surface area contributed by atoms with Crippen LogP contribution in [0.1, 0.15) is 5.56 Å². The molecule has 0 N–H and O–H groups in total. The number of aromatic nitrogens is 1. The number of hydrogen-bond donors (Lipinski definition) is 0. The molecule has 4 aromatic rings. The summed E-state index contributed by atoms with van der Waals surface area (Å²) in [5.41, 5.74) is 1.60. The van der Waals surface area contributed by atoms with Crippen molar-refractivity contribution < 1.29 is 19.0 Å². The first-order valence-electron chi connectivity index (χ1n) is 9.83. The van der Waals surface area contributed by atoms with Crippen molar-refractivity contribution in [2.45, 2.75) is 6.54 Å². The zero-order valence-corrected chi connectivity index (χ0v) is 19.2. The third-order valence-electron chi connectivity index (χ3n) is 4.80. The van der Waals surface area contributed by atoms with Gasteiger partial charge in [0.25, 0.3) is 5.91 Å².